The third-order valence-corrected chi connectivity index (χ3v) is 4.21. The summed E-state index contributed by atoms with van der Waals surface area (Å²) in [5.41, 5.74) is 3.47. The van der Waals surface area contributed by atoms with Crippen molar-refractivity contribution in [2.45, 2.75) is 39.9 Å². The molecule has 126 valence electrons. The Kier molecular flexibility index (Phi) is 5.16. The maximum absolute atomic E-state index is 5.57. The van der Waals surface area contributed by atoms with E-state index in [-0.39, 0.29) is 6.04 Å². The molecule has 0 radical (unpaired) electrons. The summed E-state index contributed by atoms with van der Waals surface area (Å²) in [4.78, 5) is 4.82. The van der Waals surface area contributed by atoms with E-state index < -0.39 is 0 Å². The lowest BCUT2D eigenvalue weighted by Crippen LogP contribution is -2.21. The van der Waals surface area contributed by atoms with Gasteiger partial charge in [0.25, 0.3) is 0 Å². The van der Waals surface area contributed by atoms with Gasteiger partial charge in [-0.15, -0.1) is 0 Å². The van der Waals surface area contributed by atoms with E-state index in [2.05, 4.69) is 54.1 Å². The van der Waals surface area contributed by atoms with E-state index in [0.29, 0.717) is 6.61 Å². The summed E-state index contributed by atoms with van der Waals surface area (Å²) in [7, 11) is 0. The van der Waals surface area contributed by atoms with Gasteiger partial charge in [0.15, 0.2) is 0 Å². The molecule has 1 N–H and O–H groups in total. The number of rotatable bonds is 7. The monoisotopic (exact) mass is 323 g/mol. The van der Waals surface area contributed by atoms with Gasteiger partial charge in [-0.3, -0.25) is 0 Å². The van der Waals surface area contributed by atoms with Gasteiger partial charge in [0.05, 0.1) is 23.7 Å². The molecule has 0 saturated carbocycles. The summed E-state index contributed by atoms with van der Waals surface area (Å²) in [5.74, 6) is 2.00. The number of fused-ring (bicyclic) bond motifs is 1. The Labute approximate surface area is 143 Å². The molecule has 0 saturated heterocycles. The highest BCUT2D eigenvalue weighted by atomic mass is 16.5. The third-order valence-electron chi connectivity index (χ3n) is 4.21. The molecular formula is C20H25N3O. The third kappa shape index (κ3) is 3.44. The molecular weight excluding hydrogens is 298 g/mol. The molecule has 0 aliphatic carbocycles. The van der Waals surface area contributed by atoms with Crippen LogP contribution in [-0.4, -0.2) is 16.2 Å². The predicted molar refractivity (Wildman–Crippen MR) is 98.3 cm³/mol. The summed E-state index contributed by atoms with van der Waals surface area (Å²) in [5, 5.41) is 3.58. The van der Waals surface area contributed by atoms with Crippen LogP contribution >= 0.6 is 0 Å². The van der Waals surface area contributed by atoms with E-state index in [9.17, 15) is 0 Å². The highest BCUT2D eigenvalue weighted by Gasteiger charge is 2.15. The maximum atomic E-state index is 5.57. The standard InChI is InChI=1S/C20H25N3O/c1-4-23-19-12-7-6-11-18(19)22-20(23)15(3)21-14-16-9-8-10-17(13-16)24-5-2/h6-13,15,21H,4-5,14H2,1-3H3. The molecule has 0 bridgehead atoms. The number of para-hydroxylation sites is 2. The van der Waals surface area contributed by atoms with Crippen LogP contribution in [0, 0.1) is 0 Å². The summed E-state index contributed by atoms with van der Waals surface area (Å²) in [6, 6.07) is 16.7. The number of imidazole rings is 1. The molecule has 0 spiro atoms. The van der Waals surface area contributed by atoms with Crippen molar-refractivity contribution in [3.63, 3.8) is 0 Å². The molecule has 0 fully saturated rings. The van der Waals surface area contributed by atoms with Crippen molar-refractivity contribution in [1.82, 2.24) is 14.9 Å². The van der Waals surface area contributed by atoms with Gasteiger partial charge in [-0.2, -0.15) is 0 Å². The number of hydrogen-bond acceptors (Lipinski definition) is 3. The normalized spacial score (nSPS) is 12.5. The zero-order chi connectivity index (χ0) is 16.9. The summed E-state index contributed by atoms with van der Waals surface area (Å²) in [6.45, 7) is 8.72. The first kappa shape index (κ1) is 16.5. The van der Waals surface area contributed by atoms with Crippen LogP contribution in [0.1, 0.15) is 38.2 Å². The van der Waals surface area contributed by atoms with Crippen molar-refractivity contribution < 1.29 is 4.74 Å². The second-order valence-corrected chi connectivity index (χ2v) is 5.89. The van der Waals surface area contributed by atoms with Crippen molar-refractivity contribution in [2.24, 2.45) is 0 Å². The zero-order valence-electron chi connectivity index (χ0n) is 14.6. The van der Waals surface area contributed by atoms with Gasteiger partial charge in [-0.05, 0) is 50.6 Å². The largest absolute Gasteiger partial charge is 0.494 e. The second-order valence-electron chi connectivity index (χ2n) is 5.89. The van der Waals surface area contributed by atoms with E-state index in [1.165, 1.54) is 11.1 Å². The van der Waals surface area contributed by atoms with Crippen LogP contribution in [-0.2, 0) is 13.1 Å². The zero-order valence-corrected chi connectivity index (χ0v) is 14.6. The Morgan fingerprint density at radius 2 is 1.96 bits per heavy atom. The van der Waals surface area contributed by atoms with Gasteiger partial charge in [0, 0.05) is 13.1 Å². The minimum absolute atomic E-state index is 0.174. The Hall–Kier alpha value is -2.33. The van der Waals surface area contributed by atoms with Crippen molar-refractivity contribution in [2.75, 3.05) is 6.61 Å². The van der Waals surface area contributed by atoms with E-state index in [1.807, 2.05) is 25.1 Å². The molecule has 24 heavy (non-hydrogen) atoms. The van der Waals surface area contributed by atoms with Crippen molar-refractivity contribution in [3.05, 3.63) is 59.9 Å². The molecule has 0 aliphatic rings. The van der Waals surface area contributed by atoms with Crippen LogP contribution in [0.15, 0.2) is 48.5 Å². The van der Waals surface area contributed by atoms with Crippen LogP contribution < -0.4 is 10.1 Å². The molecule has 1 aromatic heterocycles. The van der Waals surface area contributed by atoms with E-state index in [4.69, 9.17) is 9.72 Å². The molecule has 3 rings (SSSR count). The lowest BCUT2D eigenvalue weighted by atomic mass is 10.2. The highest BCUT2D eigenvalue weighted by molar-refractivity contribution is 5.76. The molecule has 1 heterocycles. The first-order valence-corrected chi connectivity index (χ1v) is 8.63. The molecule has 4 nitrogen and oxygen atoms in total. The lowest BCUT2D eigenvalue weighted by molar-refractivity contribution is 0.339. The number of hydrogen-bond donors (Lipinski definition) is 1. The van der Waals surface area contributed by atoms with Gasteiger partial charge in [-0.25, -0.2) is 4.98 Å². The number of nitrogens with one attached hydrogen (secondary N) is 1. The van der Waals surface area contributed by atoms with Crippen LogP contribution in [0.2, 0.25) is 0 Å². The molecule has 1 unspecified atom stereocenters. The van der Waals surface area contributed by atoms with Crippen molar-refractivity contribution in [3.8, 4) is 5.75 Å². The first-order chi connectivity index (χ1) is 11.7. The average Bonchev–Trinajstić information content (AvgIpc) is 2.99. The van der Waals surface area contributed by atoms with E-state index in [0.717, 1.165) is 30.2 Å². The van der Waals surface area contributed by atoms with Crippen LogP contribution in [0.25, 0.3) is 11.0 Å². The Balaban J connectivity index is 1.75. The highest BCUT2D eigenvalue weighted by Crippen LogP contribution is 2.21. The van der Waals surface area contributed by atoms with Crippen molar-refractivity contribution in [1.29, 1.82) is 0 Å². The Bertz CT molecular complexity index is 810. The first-order valence-electron chi connectivity index (χ1n) is 8.63. The quantitative estimate of drug-likeness (QED) is 0.704. The maximum Gasteiger partial charge on any atom is 0.126 e. The smallest absolute Gasteiger partial charge is 0.126 e. The van der Waals surface area contributed by atoms with Crippen LogP contribution in [0.5, 0.6) is 5.75 Å². The van der Waals surface area contributed by atoms with Gasteiger partial charge in [-0.1, -0.05) is 24.3 Å². The number of nitrogens with zero attached hydrogens (tertiary/aromatic N) is 2. The molecule has 1 atom stereocenters. The topological polar surface area (TPSA) is 39.1 Å². The fraction of sp³-hybridized carbons (Fsp3) is 0.350. The van der Waals surface area contributed by atoms with Crippen LogP contribution in [0.3, 0.4) is 0 Å². The SMILES string of the molecule is CCOc1cccc(CNC(C)c2nc3ccccc3n2CC)c1. The minimum Gasteiger partial charge on any atom is -0.494 e. The second kappa shape index (κ2) is 7.49. The lowest BCUT2D eigenvalue weighted by Gasteiger charge is -2.15. The molecule has 4 heteroatoms. The molecule has 0 amide bonds. The summed E-state index contributed by atoms with van der Waals surface area (Å²) in [6.07, 6.45) is 0. The molecule has 3 aromatic rings. The predicted octanol–water partition coefficient (Wildman–Crippen LogP) is 4.31. The molecule has 2 aromatic carbocycles. The molecule has 0 aliphatic heterocycles. The van der Waals surface area contributed by atoms with Crippen LogP contribution in [0.4, 0.5) is 0 Å². The fourth-order valence-electron chi connectivity index (χ4n) is 3.03. The number of ether oxygens (including phenoxy) is 1. The fourth-order valence-corrected chi connectivity index (χ4v) is 3.03. The Morgan fingerprint density at radius 1 is 1.12 bits per heavy atom. The van der Waals surface area contributed by atoms with Gasteiger partial charge in [0.1, 0.15) is 11.6 Å². The summed E-state index contributed by atoms with van der Waals surface area (Å²) < 4.78 is 7.85. The van der Waals surface area contributed by atoms with Gasteiger partial charge >= 0.3 is 0 Å². The number of aromatic nitrogens is 2. The van der Waals surface area contributed by atoms with E-state index >= 15 is 0 Å². The van der Waals surface area contributed by atoms with Gasteiger partial charge < -0.3 is 14.6 Å². The Morgan fingerprint density at radius 3 is 2.75 bits per heavy atom. The minimum atomic E-state index is 0.174. The number of aryl methyl sites for hydroxylation is 1. The van der Waals surface area contributed by atoms with Crippen molar-refractivity contribution >= 4 is 11.0 Å². The average molecular weight is 323 g/mol. The number of benzene rings is 2. The van der Waals surface area contributed by atoms with E-state index in [1.54, 1.807) is 0 Å². The summed E-state index contributed by atoms with van der Waals surface area (Å²) >= 11 is 0. The van der Waals surface area contributed by atoms with Gasteiger partial charge in [0.2, 0.25) is 0 Å².